The molecule has 0 saturated carbocycles. The largest absolute Gasteiger partial charge is 0.497 e. The predicted molar refractivity (Wildman–Crippen MR) is 123 cm³/mol. The third-order valence-corrected chi connectivity index (χ3v) is 7.25. The molecule has 2 unspecified atom stereocenters. The second-order valence-electron chi connectivity index (χ2n) is 8.09. The van der Waals surface area contributed by atoms with Crippen molar-refractivity contribution in [3.63, 3.8) is 0 Å². The number of morpholine rings is 1. The van der Waals surface area contributed by atoms with Gasteiger partial charge in [0.25, 0.3) is 0 Å². The van der Waals surface area contributed by atoms with Crippen molar-refractivity contribution in [3.8, 4) is 17.0 Å². The van der Waals surface area contributed by atoms with Crippen molar-refractivity contribution in [2.24, 2.45) is 0 Å². The molecule has 34 heavy (non-hydrogen) atoms. The van der Waals surface area contributed by atoms with E-state index in [0.29, 0.717) is 11.5 Å². The summed E-state index contributed by atoms with van der Waals surface area (Å²) in [5, 5.41) is 4.00. The Morgan fingerprint density at radius 3 is 2.32 bits per heavy atom. The highest BCUT2D eigenvalue weighted by Gasteiger charge is 2.32. The van der Waals surface area contributed by atoms with E-state index in [1.165, 1.54) is 28.6 Å². The van der Waals surface area contributed by atoms with Crippen LogP contribution in [0.15, 0.2) is 64.0 Å². The highest BCUT2D eigenvalue weighted by molar-refractivity contribution is 7.89. The fourth-order valence-electron chi connectivity index (χ4n) is 3.74. The van der Waals surface area contributed by atoms with Crippen LogP contribution in [0, 0.1) is 0 Å². The van der Waals surface area contributed by atoms with Crippen LogP contribution in [0.2, 0.25) is 0 Å². The number of nitrogens with zero attached hydrogens (tertiary/aromatic N) is 2. The first-order chi connectivity index (χ1) is 16.3. The lowest BCUT2D eigenvalue weighted by molar-refractivity contribution is -0.0440. The van der Waals surface area contributed by atoms with Gasteiger partial charge in [-0.2, -0.15) is 4.31 Å². The van der Waals surface area contributed by atoms with Gasteiger partial charge in [-0.05, 0) is 62.4 Å². The van der Waals surface area contributed by atoms with E-state index in [4.69, 9.17) is 18.7 Å². The minimum Gasteiger partial charge on any atom is -0.497 e. The molecule has 9 nitrogen and oxygen atoms in total. The van der Waals surface area contributed by atoms with Gasteiger partial charge in [-0.3, -0.25) is 0 Å². The molecule has 1 saturated heterocycles. The number of carbonyl (C=O) groups is 1. The van der Waals surface area contributed by atoms with Crippen molar-refractivity contribution in [2.75, 3.05) is 20.2 Å². The second-order valence-corrected chi connectivity index (χ2v) is 10.0. The van der Waals surface area contributed by atoms with Gasteiger partial charge in [0, 0.05) is 24.7 Å². The molecular weight excluding hydrogens is 460 g/mol. The van der Waals surface area contributed by atoms with E-state index in [9.17, 15) is 13.2 Å². The van der Waals surface area contributed by atoms with E-state index in [0.717, 1.165) is 11.3 Å². The molecule has 2 heterocycles. The molecule has 1 aliphatic heterocycles. The van der Waals surface area contributed by atoms with Gasteiger partial charge in [0.1, 0.15) is 11.4 Å². The second kappa shape index (κ2) is 9.96. The molecule has 0 N–H and O–H groups in total. The Balaban J connectivity index is 1.37. The molecule has 0 aliphatic carbocycles. The summed E-state index contributed by atoms with van der Waals surface area (Å²) < 4.78 is 48.6. The maximum absolute atomic E-state index is 13.0. The van der Waals surface area contributed by atoms with Crippen molar-refractivity contribution in [3.05, 3.63) is 65.9 Å². The summed E-state index contributed by atoms with van der Waals surface area (Å²) in [6.45, 7) is 4.14. The van der Waals surface area contributed by atoms with Crippen LogP contribution in [0.1, 0.15) is 30.0 Å². The summed E-state index contributed by atoms with van der Waals surface area (Å²) in [6.07, 6.45) is -0.372. The van der Waals surface area contributed by atoms with Crippen molar-refractivity contribution < 1.29 is 31.9 Å². The monoisotopic (exact) mass is 486 g/mol. The minimum atomic E-state index is -3.68. The summed E-state index contributed by atoms with van der Waals surface area (Å²) in [5.74, 6) is 0.517. The van der Waals surface area contributed by atoms with Gasteiger partial charge < -0.3 is 18.7 Å². The van der Waals surface area contributed by atoms with E-state index < -0.39 is 16.0 Å². The maximum Gasteiger partial charge on any atom is 0.338 e. The molecule has 4 rings (SSSR count). The Bertz CT molecular complexity index is 1230. The van der Waals surface area contributed by atoms with Gasteiger partial charge in [-0.1, -0.05) is 5.16 Å². The average molecular weight is 487 g/mol. The number of carbonyl (C=O) groups excluding carboxylic acids is 1. The molecule has 0 bridgehead atoms. The highest BCUT2D eigenvalue weighted by atomic mass is 32.2. The quantitative estimate of drug-likeness (QED) is 0.467. The van der Waals surface area contributed by atoms with Crippen molar-refractivity contribution >= 4 is 16.0 Å². The van der Waals surface area contributed by atoms with E-state index in [1.807, 2.05) is 38.1 Å². The fraction of sp³-hybridized carbons (Fsp3) is 0.333. The molecule has 0 radical (unpaired) electrons. The van der Waals surface area contributed by atoms with Crippen molar-refractivity contribution in [2.45, 2.75) is 37.6 Å². The van der Waals surface area contributed by atoms with Crippen LogP contribution in [0.3, 0.4) is 0 Å². The van der Waals surface area contributed by atoms with Crippen LogP contribution in [0.4, 0.5) is 0 Å². The van der Waals surface area contributed by atoms with Crippen molar-refractivity contribution in [1.29, 1.82) is 0 Å². The highest BCUT2D eigenvalue weighted by Crippen LogP contribution is 2.24. The topological polar surface area (TPSA) is 108 Å². The summed E-state index contributed by atoms with van der Waals surface area (Å²) in [7, 11) is -2.09. The Morgan fingerprint density at radius 1 is 1.06 bits per heavy atom. The maximum atomic E-state index is 13.0. The molecule has 3 aromatic rings. The molecule has 180 valence electrons. The molecule has 1 aliphatic rings. The Hall–Kier alpha value is -3.21. The van der Waals surface area contributed by atoms with Gasteiger partial charge in [-0.25, -0.2) is 13.2 Å². The van der Waals surface area contributed by atoms with Gasteiger partial charge in [0.05, 0.1) is 29.8 Å². The number of aromatic nitrogens is 1. The van der Waals surface area contributed by atoms with E-state index >= 15 is 0 Å². The Morgan fingerprint density at radius 2 is 1.71 bits per heavy atom. The lowest BCUT2D eigenvalue weighted by Gasteiger charge is -2.34. The van der Waals surface area contributed by atoms with E-state index in [1.54, 1.807) is 13.2 Å². The number of ether oxygens (including phenoxy) is 3. The molecular formula is C24H26N2O7S. The zero-order chi connectivity index (χ0) is 24.3. The number of hydrogen-bond acceptors (Lipinski definition) is 8. The van der Waals surface area contributed by atoms with Gasteiger partial charge >= 0.3 is 5.97 Å². The first-order valence-corrected chi connectivity index (χ1v) is 12.2. The van der Waals surface area contributed by atoms with Crippen molar-refractivity contribution in [1.82, 2.24) is 9.46 Å². The standard InChI is InChI=1S/C24H26N2O7S/c1-16-13-26(14-17(2)32-16)34(28,29)22-10-6-19(7-11-22)24(27)31-15-21-12-23(25-33-21)18-4-8-20(30-3)9-5-18/h4-12,16-17H,13-15H2,1-3H3. The Labute approximate surface area is 198 Å². The van der Waals surface area contributed by atoms with Crippen LogP contribution in [0.5, 0.6) is 5.75 Å². The van der Waals surface area contributed by atoms with Crippen LogP contribution in [-0.4, -0.2) is 56.3 Å². The number of sulfonamides is 1. The molecule has 0 amide bonds. The number of benzene rings is 2. The summed E-state index contributed by atoms with van der Waals surface area (Å²) >= 11 is 0. The van der Waals surface area contributed by atoms with Gasteiger partial charge in [0.2, 0.25) is 10.0 Å². The molecule has 0 spiro atoms. The average Bonchev–Trinajstić information content (AvgIpc) is 3.31. The third-order valence-electron chi connectivity index (χ3n) is 5.40. The first-order valence-electron chi connectivity index (χ1n) is 10.8. The fourth-order valence-corrected chi connectivity index (χ4v) is 5.33. The number of esters is 1. The smallest absolute Gasteiger partial charge is 0.338 e. The first kappa shape index (κ1) is 23.9. The zero-order valence-corrected chi connectivity index (χ0v) is 19.9. The van der Waals surface area contributed by atoms with Gasteiger partial charge in [0.15, 0.2) is 12.4 Å². The minimum absolute atomic E-state index is 0.106. The zero-order valence-electron chi connectivity index (χ0n) is 19.1. The van der Waals surface area contributed by atoms with Gasteiger partial charge in [-0.15, -0.1) is 0 Å². The number of methoxy groups -OCH3 is 1. The lowest BCUT2D eigenvalue weighted by atomic mass is 10.1. The lowest BCUT2D eigenvalue weighted by Crippen LogP contribution is -2.48. The molecule has 1 fully saturated rings. The van der Waals surface area contributed by atoms with Crippen LogP contribution < -0.4 is 4.74 Å². The van der Waals surface area contributed by atoms with E-state index in [-0.39, 0.29) is 42.4 Å². The van der Waals surface area contributed by atoms with Crippen LogP contribution >= 0.6 is 0 Å². The predicted octanol–water partition coefficient (Wildman–Crippen LogP) is 3.51. The summed E-state index contributed by atoms with van der Waals surface area (Å²) in [4.78, 5) is 12.6. The molecule has 2 aromatic carbocycles. The summed E-state index contributed by atoms with van der Waals surface area (Å²) in [5.41, 5.74) is 1.68. The number of hydrogen-bond donors (Lipinski definition) is 0. The molecule has 10 heteroatoms. The third kappa shape index (κ3) is 5.30. The van der Waals surface area contributed by atoms with E-state index in [2.05, 4.69) is 5.16 Å². The van der Waals surface area contributed by atoms with Crippen LogP contribution in [0.25, 0.3) is 11.3 Å². The Kier molecular flexibility index (Phi) is 7.01. The summed E-state index contributed by atoms with van der Waals surface area (Å²) in [6, 6.07) is 14.7. The number of rotatable bonds is 7. The molecule has 2 atom stereocenters. The van der Waals surface area contributed by atoms with Crippen LogP contribution in [-0.2, 0) is 26.1 Å². The normalized spacial score (nSPS) is 19.0. The molecule has 1 aromatic heterocycles. The SMILES string of the molecule is COc1ccc(-c2cc(COC(=O)c3ccc(S(=O)(=O)N4CC(C)OC(C)C4)cc3)on2)cc1.